The third kappa shape index (κ3) is 2.34. The normalized spacial score (nSPS) is 31.2. The summed E-state index contributed by atoms with van der Waals surface area (Å²) in [6, 6.07) is 0. The number of piperidine rings is 1. The summed E-state index contributed by atoms with van der Waals surface area (Å²) in [6.45, 7) is 2.18. The zero-order chi connectivity index (χ0) is 12.8. The van der Waals surface area contributed by atoms with E-state index < -0.39 is 12.2 Å². The molecule has 18 heavy (non-hydrogen) atoms. The van der Waals surface area contributed by atoms with Crippen molar-refractivity contribution >= 4 is 16.5 Å². The van der Waals surface area contributed by atoms with Gasteiger partial charge in [0.25, 0.3) is 5.92 Å². The van der Waals surface area contributed by atoms with E-state index in [2.05, 4.69) is 4.98 Å². The van der Waals surface area contributed by atoms with Crippen LogP contribution in [0.2, 0.25) is 0 Å². The van der Waals surface area contributed by atoms with Crippen molar-refractivity contribution in [1.82, 2.24) is 4.98 Å². The van der Waals surface area contributed by atoms with Crippen LogP contribution in [0.1, 0.15) is 31.7 Å². The molecule has 0 saturated carbocycles. The maximum Gasteiger partial charge on any atom is 0.265 e. The number of ether oxygens (including phenoxy) is 2. The number of rotatable bonds is 2. The number of nitrogens with zero attached hydrogens (tertiary/aromatic N) is 2. The first-order valence-electron chi connectivity index (χ1n) is 5.93. The number of anilines is 1. The van der Waals surface area contributed by atoms with Crippen LogP contribution in [0.15, 0.2) is 5.38 Å². The van der Waals surface area contributed by atoms with Gasteiger partial charge in [-0.2, -0.15) is 0 Å². The van der Waals surface area contributed by atoms with Gasteiger partial charge in [-0.25, -0.2) is 13.8 Å². The molecule has 2 fully saturated rings. The van der Waals surface area contributed by atoms with Gasteiger partial charge < -0.3 is 14.4 Å². The Bertz CT molecular complexity index is 434. The second-order valence-electron chi connectivity index (χ2n) is 4.61. The minimum atomic E-state index is -2.61. The van der Waals surface area contributed by atoms with Gasteiger partial charge in [0.05, 0.1) is 6.54 Å². The molecule has 100 valence electrons. The number of aromatic nitrogens is 1. The predicted molar refractivity (Wildman–Crippen MR) is 62.9 cm³/mol. The molecule has 3 rings (SSSR count). The summed E-state index contributed by atoms with van der Waals surface area (Å²) in [6.07, 6.45) is -0.182. The van der Waals surface area contributed by atoms with E-state index >= 15 is 0 Å². The van der Waals surface area contributed by atoms with Gasteiger partial charge in [0.2, 0.25) is 6.29 Å². The van der Waals surface area contributed by atoms with Crippen molar-refractivity contribution in [3.8, 4) is 0 Å². The zero-order valence-electron chi connectivity index (χ0n) is 9.94. The summed E-state index contributed by atoms with van der Waals surface area (Å²) < 4.78 is 37.3. The number of alkyl halides is 2. The van der Waals surface area contributed by atoms with E-state index in [0.717, 1.165) is 0 Å². The lowest BCUT2D eigenvalue weighted by molar-refractivity contribution is -0.383. The molecule has 0 amide bonds. The summed E-state index contributed by atoms with van der Waals surface area (Å²) in [4.78, 5) is 5.96. The molecule has 4 nitrogen and oxygen atoms in total. The van der Waals surface area contributed by atoms with Crippen molar-refractivity contribution in [2.75, 3.05) is 18.0 Å². The predicted octanol–water partition coefficient (Wildman–Crippen LogP) is 2.77. The summed E-state index contributed by atoms with van der Waals surface area (Å²) in [5, 5.41) is 2.43. The molecule has 0 atom stereocenters. The van der Waals surface area contributed by atoms with Crippen molar-refractivity contribution in [2.24, 2.45) is 0 Å². The van der Waals surface area contributed by atoms with Gasteiger partial charge in [-0.3, -0.25) is 0 Å². The fourth-order valence-corrected chi connectivity index (χ4v) is 3.01. The van der Waals surface area contributed by atoms with Gasteiger partial charge in [-0.15, -0.1) is 11.3 Å². The molecule has 0 aromatic carbocycles. The van der Waals surface area contributed by atoms with Crippen LogP contribution in [-0.4, -0.2) is 30.3 Å². The van der Waals surface area contributed by atoms with Crippen LogP contribution in [0, 0.1) is 0 Å². The third-order valence-corrected chi connectivity index (χ3v) is 3.96. The Morgan fingerprint density at radius 1 is 1.50 bits per heavy atom. The Labute approximate surface area is 108 Å². The Morgan fingerprint density at radius 3 is 2.94 bits per heavy atom. The minimum absolute atomic E-state index is 0.0336. The molecule has 0 N–H and O–H groups in total. The lowest BCUT2D eigenvalue weighted by atomic mass is 10.1. The molecule has 1 aromatic rings. The fourth-order valence-electron chi connectivity index (χ4n) is 2.16. The SMILES string of the molecule is CC1OC(c2csc(N3CCCC(F)(F)C3)n2)O1. The van der Waals surface area contributed by atoms with Crippen LogP contribution in [0.3, 0.4) is 0 Å². The molecule has 2 aliphatic rings. The highest BCUT2D eigenvalue weighted by Gasteiger charge is 2.37. The van der Waals surface area contributed by atoms with E-state index in [4.69, 9.17) is 9.47 Å². The van der Waals surface area contributed by atoms with E-state index in [0.29, 0.717) is 23.8 Å². The fraction of sp³-hybridized carbons (Fsp3) is 0.727. The molecule has 3 heterocycles. The first-order valence-corrected chi connectivity index (χ1v) is 6.81. The van der Waals surface area contributed by atoms with Crippen molar-refractivity contribution in [3.63, 3.8) is 0 Å². The second kappa shape index (κ2) is 4.40. The molecule has 2 aliphatic heterocycles. The molecular formula is C11H14F2N2O2S. The maximum absolute atomic E-state index is 13.3. The van der Waals surface area contributed by atoms with Crippen LogP contribution >= 0.6 is 11.3 Å². The first-order chi connectivity index (χ1) is 8.53. The number of thiazole rings is 1. The van der Waals surface area contributed by atoms with Gasteiger partial charge in [0.15, 0.2) is 11.4 Å². The standard InChI is InChI=1S/C11H14F2N2O2S/c1-7-16-9(17-7)8-5-18-10(14-8)15-4-2-3-11(12,13)6-15/h5,7,9H,2-4,6H2,1H3. The summed E-state index contributed by atoms with van der Waals surface area (Å²) in [5.74, 6) is -2.61. The molecule has 2 saturated heterocycles. The Hall–Kier alpha value is -0.790. The molecule has 7 heteroatoms. The summed E-state index contributed by atoms with van der Waals surface area (Å²) in [5.41, 5.74) is 0.669. The Balaban J connectivity index is 1.69. The molecule has 0 radical (unpaired) electrons. The quantitative estimate of drug-likeness (QED) is 0.832. The molecule has 0 aliphatic carbocycles. The molecule has 0 bridgehead atoms. The third-order valence-electron chi connectivity index (χ3n) is 3.05. The van der Waals surface area contributed by atoms with Gasteiger partial charge in [0, 0.05) is 18.3 Å². The summed E-state index contributed by atoms with van der Waals surface area (Å²) in [7, 11) is 0. The summed E-state index contributed by atoms with van der Waals surface area (Å²) >= 11 is 1.36. The van der Waals surface area contributed by atoms with Crippen LogP contribution in [0.25, 0.3) is 0 Å². The number of hydrogen-bond donors (Lipinski definition) is 0. The van der Waals surface area contributed by atoms with Gasteiger partial charge >= 0.3 is 0 Å². The topological polar surface area (TPSA) is 34.6 Å². The molecule has 1 aromatic heterocycles. The van der Waals surface area contributed by atoms with E-state index in [9.17, 15) is 8.78 Å². The Morgan fingerprint density at radius 2 is 2.28 bits per heavy atom. The highest BCUT2D eigenvalue weighted by Crippen LogP contribution is 2.36. The van der Waals surface area contributed by atoms with Crippen LogP contribution < -0.4 is 4.90 Å². The van der Waals surface area contributed by atoms with Crippen molar-refractivity contribution in [1.29, 1.82) is 0 Å². The van der Waals surface area contributed by atoms with Crippen LogP contribution in [0.5, 0.6) is 0 Å². The average molecular weight is 276 g/mol. The highest BCUT2D eigenvalue weighted by molar-refractivity contribution is 7.13. The van der Waals surface area contributed by atoms with E-state index in [1.807, 2.05) is 0 Å². The molecule has 0 spiro atoms. The largest absolute Gasteiger partial charge is 0.342 e. The van der Waals surface area contributed by atoms with Crippen LogP contribution in [-0.2, 0) is 9.47 Å². The van der Waals surface area contributed by atoms with Crippen molar-refractivity contribution in [2.45, 2.75) is 38.3 Å². The van der Waals surface area contributed by atoms with Gasteiger partial charge in [-0.05, 0) is 13.3 Å². The monoisotopic (exact) mass is 276 g/mol. The van der Waals surface area contributed by atoms with E-state index in [1.165, 1.54) is 11.3 Å². The number of hydrogen-bond acceptors (Lipinski definition) is 5. The van der Waals surface area contributed by atoms with E-state index in [-0.39, 0.29) is 19.3 Å². The molecular weight excluding hydrogens is 262 g/mol. The second-order valence-corrected chi connectivity index (χ2v) is 5.44. The first kappa shape index (κ1) is 12.3. The molecule has 0 unspecified atom stereocenters. The lowest BCUT2D eigenvalue weighted by Gasteiger charge is -2.33. The average Bonchev–Trinajstić information content (AvgIpc) is 2.72. The van der Waals surface area contributed by atoms with Gasteiger partial charge in [-0.1, -0.05) is 0 Å². The minimum Gasteiger partial charge on any atom is -0.342 e. The van der Waals surface area contributed by atoms with Crippen molar-refractivity contribution in [3.05, 3.63) is 11.1 Å². The zero-order valence-corrected chi connectivity index (χ0v) is 10.8. The van der Waals surface area contributed by atoms with Gasteiger partial charge in [0.1, 0.15) is 5.69 Å². The Kier molecular flexibility index (Phi) is 2.99. The van der Waals surface area contributed by atoms with Crippen LogP contribution in [0.4, 0.5) is 13.9 Å². The smallest absolute Gasteiger partial charge is 0.265 e. The maximum atomic E-state index is 13.3. The van der Waals surface area contributed by atoms with Crippen molar-refractivity contribution < 1.29 is 18.3 Å². The lowest BCUT2D eigenvalue weighted by Crippen LogP contribution is -2.42. The highest BCUT2D eigenvalue weighted by atomic mass is 32.1. The number of halogens is 2. The van der Waals surface area contributed by atoms with E-state index in [1.54, 1.807) is 17.2 Å².